The third kappa shape index (κ3) is 4.51. The quantitative estimate of drug-likeness (QED) is 0.539. The van der Waals surface area contributed by atoms with Gasteiger partial charge in [-0.3, -0.25) is 4.90 Å². The second-order valence-electron chi connectivity index (χ2n) is 7.33. The molecule has 1 aliphatic heterocycles. The highest BCUT2D eigenvalue weighted by molar-refractivity contribution is 5.55. The lowest BCUT2D eigenvalue weighted by Gasteiger charge is -2.25. The van der Waals surface area contributed by atoms with Crippen molar-refractivity contribution in [3.63, 3.8) is 0 Å². The van der Waals surface area contributed by atoms with Crippen LogP contribution in [0.4, 0.5) is 13.2 Å². The fourth-order valence-electron chi connectivity index (χ4n) is 3.91. The summed E-state index contributed by atoms with van der Waals surface area (Å²) in [6, 6.07) is 10.7. The van der Waals surface area contributed by atoms with Crippen molar-refractivity contribution >= 4 is 0 Å². The first-order chi connectivity index (χ1) is 14.9. The molecule has 0 N–H and O–H groups in total. The van der Waals surface area contributed by atoms with E-state index in [4.69, 9.17) is 14.0 Å². The normalized spacial score (nSPS) is 17.1. The van der Waals surface area contributed by atoms with Crippen LogP contribution in [0.1, 0.15) is 35.9 Å². The number of ether oxygens (including phenoxy) is 2. The molecular formula is C22H22F3N3O3. The maximum absolute atomic E-state index is 13.0. The van der Waals surface area contributed by atoms with Gasteiger partial charge in [0, 0.05) is 17.2 Å². The van der Waals surface area contributed by atoms with Crippen molar-refractivity contribution in [2.24, 2.45) is 0 Å². The van der Waals surface area contributed by atoms with Crippen LogP contribution in [0, 0.1) is 0 Å². The fourth-order valence-corrected chi connectivity index (χ4v) is 3.91. The molecule has 0 aliphatic carbocycles. The molecule has 0 bridgehead atoms. The number of alkyl halides is 3. The smallest absolute Gasteiger partial charge is 0.416 e. The zero-order valence-electron chi connectivity index (χ0n) is 17.1. The van der Waals surface area contributed by atoms with Gasteiger partial charge in [0.15, 0.2) is 0 Å². The molecule has 0 radical (unpaired) electrons. The van der Waals surface area contributed by atoms with E-state index in [0.717, 1.165) is 48.6 Å². The van der Waals surface area contributed by atoms with E-state index in [1.165, 1.54) is 12.1 Å². The Balaban J connectivity index is 1.55. The highest BCUT2D eigenvalue weighted by Crippen LogP contribution is 2.39. The van der Waals surface area contributed by atoms with Crippen molar-refractivity contribution in [3.05, 3.63) is 59.5 Å². The predicted octanol–water partition coefficient (Wildman–Crippen LogP) is 5.11. The number of hydrogen-bond donors (Lipinski definition) is 0. The average molecular weight is 433 g/mol. The summed E-state index contributed by atoms with van der Waals surface area (Å²) < 4.78 is 55.2. The van der Waals surface area contributed by atoms with Crippen LogP contribution in [-0.2, 0) is 12.7 Å². The van der Waals surface area contributed by atoms with E-state index in [0.29, 0.717) is 12.4 Å². The van der Waals surface area contributed by atoms with Crippen LogP contribution in [0.2, 0.25) is 0 Å². The first-order valence-electron chi connectivity index (χ1n) is 9.85. The number of methoxy groups -OCH3 is 2. The van der Waals surface area contributed by atoms with E-state index in [-0.39, 0.29) is 17.4 Å². The van der Waals surface area contributed by atoms with Gasteiger partial charge in [-0.2, -0.15) is 18.2 Å². The van der Waals surface area contributed by atoms with Gasteiger partial charge < -0.3 is 14.0 Å². The van der Waals surface area contributed by atoms with Gasteiger partial charge in [0.1, 0.15) is 11.5 Å². The Morgan fingerprint density at radius 1 is 1.13 bits per heavy atom. The van der Waals surface area contributed by atoms with Crippen LogP contribution in [0.5, 0.6) is 11.5 Å². The molecule has 4 rings (SSSR count). The summed E-state index contributed by atoms with van der Waals surface area (Å²) in [5.74, 6) is 2.00. The highest BCUT2D eigenvalue weighted by Gasteiger charge is 2.32. The number of halogens is 3. The zero-order chi connectivity index (χ0) is 22.0. The average Bonchev–Trinajstić information content (AvgIpc) is 3.43. The Morgan fingerprint density at radius 2 is 1.97 bits per heavy atom. The first-order valence-corrected chi connectivity index (χ1v) is 9.85. The molecule has 31 heavy (non-hydrogen) atoms. The van der Waals surface area contributed by atoms with Crippen LogP contribution in [-0.4, -0.2) is 35.8 Å². The van der Waals surface area contributed by atoms with Gasteiger partial charge >= 0.3 is 6.18 Å². The van der Waals surface area contributed by atoms with Crippen LogP contribution in [0.25, 0.3) is 11.4 Å². The summed E-state index contributed by atoms with van der Waals surface area (Å²) in [4.78, 5) is 6.52. The Labute approximate surface area is 177 Å². The predicted molar refractivity (Wildman–Crippen MR) is 107 cm³/mol. The Bertz CT molecular complexity index is 1050. The number of hydrogen-bond acceptors (Lipinski definition) is 6. The van der Waals surface area contributed by atoms with E-state index in [1.54, 1.807) is 14.2 Å². The minimum atomic E-state index is -4.43. The topological polar surface area (TPSA) is 60.6 Å². The molecule has 164 valence electrons. The monoisotopic (exact) mass is 433 g/mol. The standard InChI is InChI=1S/C22H22F3N3O3/c1-29-16-8-9-19(30-2)17(12-16)18-7-4-10-28(18)13-20-26-21(27-31-20)14-5-3-6-15(11-14)22(23,24)25/h3,5-6,8-9,11-12,18H,4,7,10,13H2,1-2H3/t18-/m0/s1. The number of benzene rings is 2. The van der Waals surface area contributed by atoms with Gasteiger partial charge in [-0.15, -0.1) is 0 Å². The van der Waals surface area contributed by atoms with Crippen LogP contribution >= 0.6 is 0 Å². The van der Waals surface area contributed by atoms with Crippen molar-refractivity contribution < 1.29 is 27.2 Å². The molecule has 1 aromatic heterocycles. The highest BCUT2D eigenvalue weighted by atomic mass is 19.4. The Hall–Kier alpha value is -3.07. The maximum Gasteiger partial charge on any atom is 0.416 e. The largest absolute Gasteiger partial charge is 0.497 e. The third-order valence-electron chi connectivity index (χ3n) is 5.41. The Morgan fingerprint density at radius 3 is 2.71 bits per heavy atom. The summed E-state index contributed by atoms with van der Waals surface area (Å²) in [6.45, 7) is 1.21. The van der Waals surface area contributed by atoms with Gasteiger partial charge in [-0.25, -0.2) is 0 Å². The summed E-state index contributed by atoms with van der Waals surface area (Å²) in [6.07, 6.45) is -2.51. The summed E-state index contributed by atoms with van der Waals surface area (Å²) in [5.41, 5.74) is 0.523. The molecule has 0 spiro atoms. The van der Waals surface area contributed by atoms with Crippen LogP contribution in [0.15, 0.2) is 47.0 Å². The number of nitrogens with zero attached hydrogens (tertiary/aromatic N) is 3. The first kappa shape index (κ1) is 21.2. The lowest BCUT2D eigenvalue weighted by atomic mass is 10.0. The van der Waals surface area contributed by atoms with Crippen molar-refractivity contribution in [2.75, 3.05) is 20.8 Å². The molecular weight excluding hydrogens is 411 g/mol. The number of rotatable bonds is 6. The molecule has 6 nitrogen and oxygen atoms in total. The molecule has 0 amide bonds. The van der Waals surface area contributed by atoms with Gasteiger partial charge in [0.2, 0.25) is 11.7 Å². The minimum absolute atomic E-state index is 0.0777. The molecule has 1 atom stereocenters. The zero-order valence-corrected chi connectivity index (χ0v) is 17.1. The summed E-state index contributed by atoms with van der Waals surface area (Å²) >= 11 is 0. The van der Waals surface area contributed by atoms with Crippen molar-refractivity contribution in [1.29, 1.82) is 0 Å². The molecule has 0 unspecified atom stereocenters. The van der Waals surface area contributed by atoms with Gasteiger partial charge in [0.05, 0.1) is 26.3 Å². The van der Waals surface area contributed by atoms with E-state index in [2.05, 4.69) is 15.0 Å². The molecule has 0 saturated carbocycles. The second kappa shape index (κ2) is 8.58. The minimum Gasteiger partial charge on any atom is -0.497 e. The van der Waals surface area contributed by atoms with Gasteiger partial charge in [0.25, 0.3) is 0 Å². The molecule has 9 heteroatoms. The summed E-state index contributed by atoms with van der Waals surface area (Å²) in [5, 5.41) is 3.89. The molecule has 3 aromatic rings. The van der Waals surface area contributed by atoms with Crippen LogP contribution < -0.4 is 9.47 Å². The lowest BCUT2D eigenvalue weighted by Crippen LogP contribution is -2.23. The molecule has 1 aliphatic rings. The summed E-state index contributed by atoms with van der Waals surface area (Å²) in [7, 11) is 3.25. The van der Waals surface area contributed by atoms with Gasteiger partial charge in [-0.05, 0) is 49.7 Å². The van der Waals surface area contributed by atoms with Crippen LogP contribution in [0.3, 0.4) is 0 Å². The number of aromatic nitrogens is 2. The Kier molecular flexibility index (Phi) is 5.86. The van der Waals surface area contributed by atoms with E-state index in [1.807, 2.05) is 18.2 Å². The van der Waals surface area contributed by atoms with E-state index in [9.17, 15) is 13.2 Å². The number of likely N-dealkylation sites (tertiary alicyclic amines) is 1. The van der Waals surface area contributed by atoms with Crippen molar-refractivity contribution in [2.45, 2.75) is 31.6 Å². The third-order valence-corrected chi connectivity index (χ3v) is 5.41. The van der Waals surface area contributed by atoms with E-state index < -0.39 is 11.7 Å². The fraction of sp³-hybridized carbons (Fsp3) is 0.364. The van der Waals surface area contributed by atoms with Crippen molar-refractivity contribution in [3.8, 4) is 22.9 Å². The van der Waals surface area contributed by atoms with Gasteiger partial charge in [-0.1, -0.05) is 17.3 Å². The molecule has 1 fully saturated rings. The SMILES string of the molecule is COc1ccc(OC)c([C@@H]2CCCN2Cc2nc(-c3cccc(C(F)(F)F)c3)no2)c1. The van der Waals surface area contributed by atoms with Crippen molar-refractivity contribution in [1.82, 2.24) is 15.0 Å². The second-order valence-corrected chi connectivity index (χ2v) is 7.33. The molecule has 2 heterocycles. The lowest BCUT2D eigenvalue weighted by molar-refractivity contribution is -0.137. The maximum atomic E-state index is 13.0. The molecule has 2 aromatic carbocycles. The molecule has 1 saturated heterocycles. The van der Waals surface area contributed by atoms with E-state index >= 15 is 0 Å².